The molecule has 0 amide bonds. The number of nitro benzene ring substituents is 1. The number of nitro groups is 1. The number of methoxy groups -OCH3 is 3. The number of carbonyl (C=O) groups excluding carboxylic acids is 1. The topological polar surface area (TPSA) is 164 Å². The molecule has 1 N–H and O–H groups in total. The van der Waals surface area contributed by atoms with Crippen LogP contribution in [0.25, 0.3) is 0 Å². The van der Waals surface area contributed by atoms with Crippen LogP contribution in [0.5, 0.6) is 5.75 Å². The van der Waals surface area contributed by atoms with Gasteiger partial charge in [0.1, 0.15) is 5.75 Å². The van der Waals surface area contributed by atoms with Crippen LogP contribution in [0.1, 0.15) is 35.6 Å². The van der Waals surface area contributed by atoms with Crippen molar-refractivity contribution in [3.05, 3.63) is 69.5 Å². The molecule has 1 aliphatic rings. The summed E-state index contributed by atoms with van der Waals surface area (Å²) in [5, 5.41) is 36.3. The van der Waals surface area contributed by atoms with Gasteiger partial charge < -0.3 is 29.0 Å². The Morgan fingerprint density at radius 1 is 1.18 bits per heavy atom. The number of fused-ring (bicyclic) bond motifs is 1. The number of carbonyl (C=O) groups is 1. The Kier molecular flexibility index (Phi) is 6.82. The molecule has 0 bridgehead atoms. The van der Waals surface area contributed by atoms with E-state index in [1.165, 1.54) is 55.3 Å². The SMILES string of the molecule is COC(=O)c1ccccc1N(Cc1nnn(C)n1)C1(OC)c2cc([N+](=O)[O-])ccc2OC(C)(C)C1(O)OC. The molecule has 14 nitrogen and oxygen atoms in total. The first-order valence-electron chi connectivity index (χ1n) is 11.4. The van der Waals surface area contributed by atoms with Crippen LogP contribution in [-0.4, -0.2) is 68.9 Å². The van der Waals surface area contributed by atoms with Crippen molar-refractivity contribution < 1.29 is 33.8 Å². The standard InChI is InChI=1S/C24H28N6O8/c1-22(2)24(32,37-6)23(36-5,17-13-15(30(33)34)11-12-19(17)38-22)29(14-20-25-27-28(3)26-20)18-10-8-7-9-16(18)21(31)35-4/h7-13,32H,14H2,1-6H3. The van der Waals surface area contributed by atoms with Gasteiger partial charge in [0.2, 0.25) is 5.72 Å². The highest BCUT2D eigenvalue weighted by atomic mass is 16.7. The minimum atomic E-state index is -2.33. The molecule has 14 heteroatoms. The third kappa shape index (κ3) is 3.93. The van der Waals surface area contributed by atoms with Gasteiger partial charge in [-0.05, 0) is 37.3 Å². The van der Waals surface area contributed by atoms with E-state index in [4.69, 9.17) is 18.9 Å². The maximum Gasteiger partial charge on any atom is 0.339 e. The molecular weight excluding hydrogens is 500 g/mol. The maximum absolute atomic E-state index is 12.9. The van der Waals surface area contributed by atoms with Crippen molar-refractivity contribution >= 4 is 17.3 Å². The highest BCUT2D eigenvalue weighted by molar-refractivity contribution is 5.96. The monoisotopic (exact) mass is 528 g/mol. The number of aryl methyl sites for hydroxylation is 1. The lowest BCUT2D eigenvalue weighted by Crippen LogP contribution is -2.75. The first-order valence-corrected chi connectivity index (χ1v) is 11.4. The van der Waals surface area contributed by atoms with Gasteiger partial charge in [0.25, 0.3) is 11.5 Å². The van der Waals surface area contributed by atoms with Gasteiger partial charge in [-0.15, -0.1) is 10.2 Å². The Morgan fingerprint density at radius 3 is 2.47 bits per heavy atom. The van der Waals surface area contributed by atoms with Crippen molar-refractivity contribution in [3.8, 4) is 5.75 Å². The summed E-state index contributed by atoms with van der Waals surface area (Å²) in [6.07, 6.45) is 0. The summed E-state index contributed by atoms with van der Waals surface area (Å²) in [7, 11) is 5.39. The number of benzene rings is 2. The molecule has 3 aromatic rings. The number of hydrogen-bond acceptors (Lipinski definition) is 12. The summed E-state index contributed by atoms with van der Waals surface area (Å²) >= 11 is 0. The molecule has 0 spiro atoms. The average molecular weight is 529 g/mol. The van der Waals surface area contributed by atoms with E-state index in [0.717, 1.165) is 0 Å². The molecule has 202 valence electrons. The lowest BCUT2D eigenvalue weighted by atomic mass is 9.77. The molecule has 0 saturated heterocycles. The summed E-state index contributed by atoms with van der Waals surface area (Å²) in [6.45, 7) is 2.98. The molecule has 2 atom stereocenters. The van der Waals surface area contributed by atoms with E-state index >= 15 is 0 Å². The number of aromatic nitrogens is 4. The third-order valence-corrected chi connectivity index (χ3v) is 6.60. The molecule has 2 aromatic carbocycles. The minimum Gasteiger partial charge on any atom is -0.482 e. The van der Waals surface area contributed by atoms with Gasteiger partial charge in [-0.25, -0.2) is 4.79 Å². The fourth-order valence-electron chi connectivity index (χ4n) is 4.88. The Bertz CT molecular complexity index is 1380. The van der Waals surface area contributed by atoms with E-state index in [-0.39, 0.29) is 40.6 Å². The zero-order valence-corrected chi connectivity index (χ0v) is 21.7. The molecule has 1 aromatic heterocycles. The Morgan fingerprint density at radius 2 is 1.89 bits per heavy atom. The summed E-state index contributed by atoms with van der Waals surface area (Å²) < 4.78 is 23.0. The number of hydrogen-bond donors (Lipinski definition) is 1. The van der Waals surface area contributed by atoms with Crippen LogP contribution in [0.4, 0.5) is 11.4 Å². The Balaban J connectivity index is 2.14. The van der Waals surface area contributed by atoms with Crippen molar-refractivity contribution in [3.63, 3.8) is 0 Å². The summed E-state index contributed by atoms with van der Waals surface area (Å²) in [6, 6.07) is 10.4. The summed E-state index contributed by atoms with van der Waals surface area (Å²) in [5.41, 5.74) is -3.42. The lowest BCUT2D eigenvalue weighted by Gasteiger charge is -2.59. The molecule has 0 radical (unpaired) electrons. The molecular formula is C24H28N6O8. The molecule has 0 aliphatic carbocycles. The number of nitrogens with zero attached hydrogens (tertiary/aromatic N) is 6. The van der Waals surface area contributed by atoms with Crippen LogP contribution in [0.2, 0.25) is 0 Å². The number of tetrazole rings is 1. The second-order valence-electron chi connectivity index (χ2n) is 9.04. The lowest BCUT2D eigenvalue weighted by molar-refractivity contribution is -0.386. The van der Waals surface area contributed by atoms with Crippen LogP contribution in [0, 0.1) is 10.1 Å². The van der Waals surface area contributed by atoms with Crippen molar-refractivity contribution in [2.24, 2.45) is 7.05 Å². The second-order valence-corrected chi connectivity index (χ2v) is 9.04. The predicted molar refractivity (Wildman–Crippen MR) is 131 cm³/mol. The summed E-state index contributed by atoms with van der Waals surface area (Å²) in [4.78, 5) is 26.8. The first-order chi connectivity index (χ1) is 18.0. The average Bonchev–Trinajstić information content (AvgIpc) is 3.32. The van der Waals surface area contributed by atoms with Gasteiger partial charge in [0.05, 0.1) is 42.4 Å². The van der Waals surface area contributed by atoms with E-state index < -0.39 is 28.0 Å². The number of ether oxygens (including phenoxy) is 4. The Labute approximate surface area is 217 Å². The second kappa shape index (κ2) is 9.63. The fraction of sp³-hybridized carbons (Fsp3) is 0.417. The van der Waals surface area contributed by atoms with E-state index in [1.54, 1.807) is 39.1 Å². The maximum atomic E-state index is 12.9. The van der Waals surface area contributed by atoms with Gasteiger partial charge in [0.15, 0.2) is 11.4 Å². The van der Waals surface area contributed by atoms with Crippen LogP contribution in [-0.2, 0) is 33.5 Å². The first kappa shape index (κ1) is 26.9. The molecule has 2 heterocycles. The largest absolute Gasteiger partial charge is 0.482 e. The van der Waals surface area contributed by atoms with E-state index in [2.05, 4.69) is 15.4 Å². The number of aliphatic hydroxyl groups is 1. The number of para-hydroxylation sites is 1. The zero-order chi connectivity index (χ0) is 27.9. The highest BCUT2D eigenvalue weighted by Gasteiger charge is 2.70. The summed E-state index contributed by atoms with van der Waals surface area (Å²) in [5.74, 6) is -2.62. The quantitative estimate of drug-likeness (QED) is 0.196. The Hall–Kier alpha value is -4.14. The number of rotatable bonds is 8. The minimum absolute atomic E-state index is 0.0708. The molecule has 0 saturated carbocycles. The highest BCUT2D eigenvalue weighted by Crippen LogP contribution is 2.56. The van der Waals surface area contributed by atoms with Crippen LogP contribution in [0.3, 0.4) is 0 Å². The van der Waals surface area contributed by atoms with Crippen LogP contribution >= 0.6 is 0 Å². The smallest absolute Gasteiger partial charge is 0.339 e. The molecule has 4 rings (SSSR count). The predicted octanol–water partition coefficient (Wildman–Crippen LogP) is 1.92. The van der Waals surface area contributed by atoms with Crippen molar-refractivity contribution in [1.82, 2.24) is 20.2 Å². The van der Waals surface area contributed by atoms with Crippen molar-refractivity contribution in [2.45, 2.75) is 37.5 Å². The molecule has 0 fully saturated rings. The van der Waals surface area contributed by atoms with Gasteiger partial charge >= 0.3 is 5.97 Å². The fourth-order valence-corrected chi connectivity index (χ4v) is 4.88. The number of anilines is 1. The van der Waals surface area contributed by atoms with Gasteiger partial charge in [-0.3, -0.25) is 10.1 Å². The van der Waals surface area contributed by atoms with Gasteiger partial charge in [-0.2, -0.15) is 4.80 Å². The van der Waals surface area contributed by atoms with Gasteiger partial charge in [0, 0.05) is 26.4 Å². The van der Waals surface area contributed by atoms with E-state index in [9.17, 15) is 20.0 Å². The third-order valence-electron chi connectivity index (χ3n) is 6.60. The number of esters is 1. The normalized spacial score (nSPS) is 21.8. The number of non-ortho nitro benzene ring substituents is 1. The molecule has 2 unspecified atom stereocenters. The molecule has 38 heavy (non-hydrogen) atoms. The van der Waals surface area contributed by atoms with Crippen LogP contribution in [0.15, 0.2) is 42.5 Å². The van der Waals surface area contributed by atoms with Crippen molar-refractivity contribution in [1.29, 1.82) is 0 Å². The zero-order valence-electron chi connectivity index (χ0n) is 21.7. The van der Waals surface area contributed by atoms with Crippen LogP contribution < -0.4 is 9.64 Å². The molecule has 1 aliphatic heterocycles. The van der Waals surface area contributed by atoms with Gasteiger partial charge in [-0.1, -0.05) is 12.1 Å². The van der Waals surface area contributed by atoms with E-state index in [0.29, 0.717) is 0 Å². The van der Waals surface area contributed by atoms with Crippen molar-refractivity contribution in [2.75, 3.05) is 26.2 Å². The van der Waals surface area contributed by atoms with E-state index in [1.807, 2.05) is 0 Å².